The minimum atomic E-state index is 0.0756. The molecule has 2 aromatic rings. The number of amides is 1. The Morgan fingerprint density at radius 3 is 2.50 bits per heavy atom. The van der Waals surface area contributed by atoms with Gasteiger partial charge in [-0.2, -0.15) is 0 Å². The number of ether oxygens (including phenoxy) is 1. The van der Waals surface area contributed by atoms with E-state index in [9.17, 15) is 4.79 Å². The summed E-state index contributed by atoms with van der Waals surface area (Å²) < 4.78 is 6.34. The number of rotatable bonds is 7. The van der Waals surface area contributed by atoms with Crippen LogP contribution in [0.4, 0.5) is 5.69 Å². The second-order valence-electron chi connectivity index (χ2n) is 6.14. The van der Waals surface area contributed by atoms with Crippen LogP contribution < -0.4 is 10.1 Å². The molecule has 0 spiro atoms. The Morgan fingerprint density at radius 2 is 1.88 bits per heavy atom. The van der Waals surface area contributed by atoms with E-state index in [2.05, 4.69) is 47.8 Å². The molecule has 3 nitrogen and oxygen atoms in total. The average molecular weight is 437 g/mol. The smallest absolute Gasteiger partial charge is 0.224 e. The van der Waals surface area contributed by atoms with Crippen LogP contribution in [0, 0.1) is 3.57 Å². The highest BCUT2D eigenvalue weighted by atomic mass is 127. The van der Waals surface area contributed by atoms with Gasteiger partial charge in [-0.3, -0.25) is 4.79 Å². The van der Waals surface area contributed by atoms with Gasteiger partial charge in [-0.05, 0) is 82.8 Å². The van der Waals surface area contributed by atoms with E-state index in [4.69, 9.17) is 4.74 Å². The summed E-state index contributed by atoms with van der Waals surface area (Å²) in [6.07, 6.45) is 2.25. The maximum atomic E-state index is 12.2. The van der Waals surface area contributed by atoms with Gasteiger partial charge in [0.2, 0.25) is 5.91 Å². The van der Waals surface area contributed by atoms with Crippen LogP contribution in [0.3, 0.4) is 0 Å². The molecule has 0 aliphatic rings. The second-order valence-corrected chi connectivity index (χ2v) is 7.38. The lowest BCUT2D eigenvalue weighted by atomic mass is 10.0. The first-order valence-electron chi connectivity index (χ1n) is 8.22. The first kappa shape index (κ1) is 18.8. The predicted octanol–water partition coefficient (Wildman–Crippen LogP) is 5.38. The molecule has 0 atom stereocenters. The monoisotopic (exact) mass is 437 g/mol. The number of hydrogen-bond donors (Lipinski definition) is 1. The zero-order valence-electron chi connectivity index (χ0n) is 14.4. The molecule has 0 bridgehead atoms. The van der Waals surface area contributed by atoms with Gasteiger partial charge in [0.25, 0.3) is 0 Å². The summed E-state index contributed by atoms with van der Waals surface area (Å²) in [6, 6.07) is 14.2. The maximum Gasteiger partial charge on any atom is 0.224 e. The van der Waals surface area contributed by atoms with Crippen LogP contribution in [0.1, 0.15) is 43.7 Å². The van der Waals surface area contributed by atoms with Crippen molar-refractivity contribution in [1.82, 2.24) is 0 Å². The van der Waals surface area contributed by atoms with Gasteiger partial charge in [-0.1, -0.05) is 26.0 Å². The van der Waals surface area contributed by atoms with E-state index in [1.807, 2.05) is 36.4 Å². The molecule has 0 aromatic heterocycles. The van der Waals surface area contributed by atoms with Gasteiger partial charge in [0, 0.05) is 15.7 Å². The highest BCUT2D eigenvalue weighted by molar-refractivity contribution is 14.1. The van der Waals surface area contributed by atoms with E-state index < -0.39 is 0 Å². The molecule has 0 saturated heterocycles. The summed E-state index contributed by atoms with van der Waals surface area (Å²) in [5, 5.41) is 3.06. The summed E-state index contributed by atoms with van der Waals surface area (Å²) in [4.78, 5) is 12.2. The largest absolute Gasteiger partial charge is 0.497 e. The van der Waals surface area contributed by atoms with Gasteiger partial charge < -0.3 is 10.1 Å². The first-order valence-corrected chi connectivity index (χ1v) is 9.29. The van der Waals surface area contributed by atoms with E-state index in [1.165, 1.54) is 14.7 Å². The summed E-state index contributed by atoms with van der Waals surface area (Å²) in [5.74, 6) is 1.32. The highest BCUT2D eigenvalue weighted by Gasteiger charge is 2.10. The lowest BCUT2D eigenvalue weighted by molar-refractivity contribution is -0.116. The van der Waals surface area contributed by atoms with Crippen molar-refractivity contribution in [3.8, 4) is 5.75 Å². The molecule has 0 saturated carbocycles. The number of anilines is 1. The Kier molecular flexibility index (Phi) is 7.09. The fraction of sp³-hybridized carbons (Fsp3) is 0.350. The van der Waals surface area contributed by atoms with Gasteiger partial charge in [-0.15, -0.1) is 0 Å². The van der Waals surface area contributed by atoms with Crippen molar-refractivity contribution in [2.24, 2.45) is 0 Å². The van der Waals surface area contributed by atoms with Crippen LogP contribution in [-0.4, -0.2) is 13.0 Å². The van der Waals surface area contributed by atoms with Crippen LogP contribution >= 0.6 is 22.6 Å². The maximum absolute atomic E-state index is 12.2. The highest BCUT2D eigenvalue weighted by Crippen LogP contribution is 2.26. The number of aryl methyl sites for hydroxylation is 1. The Labute approximate surface area is 157 Å². The lowest BCUT2D eigenvalue weighted by Gasteiger charge is -2.14. The van der Waals surface area contributed by atoms with Crippen LogP contribution in [0.2, 0.25) is 0 Å². The number of carbonyl (C=O) groups excluding carboxylic acids is 1. The number of benzene rings is 2. The standard InChI is InChI=1S/C20H24INO2/c1-14(2)18-13-16(21)9-12-19(18)22-20(23)6-4-5-15-7-10-17(24-3)11-8-15/h7-14H,4-6H2,1-3H3,(H,22,23). The summed E-state index contributed by atoms with van der Waals surface area (Å²) in [5.41, 5.74) is 3.34. The predicted molar refractivity (Wildman–Crippen MR) is 108 cm³/mol. The van der Waals surface area contributed by atoms with Crippen LogP contribution in [0.25, 0.3) is 0 Å². The van der Waals surface area contributed by atoms with E-state index in [0.717, 1.165) is 24.3 Å². The molecule has 128 valence electrons. The summed E-state index contributed by atoms with van der Waals surface area (Å²) >= 11 is 2.30. The number of methoxy groups -OCH3 is 1. The minimum absolute atomic E-state index is 0.0756. The van der Waals surface area contributed by atoms with Crippen LogP contribution in [0.15, 0.2) is 42.5 Å². The fourth-order valence-electron chi connectivity index (χ4n) is 2.58. The Balaban J connectivity index is 1.87. The van der Waals surface area contributed by atoms with Crippen LogP contribution in [0.5, 0.6) is 5.75 Å². The van der Waals surface area contributed by atoms with Gasteiger partial charge in [0.15, 0.2) is 0 Å². The molecular weight excluding hydrogens is 413 g/mol. The summed E-state index contributed by atoms with van der Waals surface area (Å²) in [6.45, 7) is 4.29. The number of nitrogens with one attached hydrogen (secondary N) is 1. The molecule has 1 N–H and O–H groups in total. The Bertz CT molecular complexity index is 681. The van der Waals surface area contributed by atoms with E-state index >= 15 is 0 Å². The quantitative estimate of drug-likeness (QED) is 0.591. The molecule has 0 unspecified atom stereocenters. The Morgan fingerprint density at radius 1 is 1.17 bits per heavy atom. The molecule has 4 heteroatoms. The van der Waals surface area contributed by atoms with E-state index in [0.29, 0.717) is 12.3 Å². The van der Waals surface area contributed by atoms with Crippen molar-refractivity contribution in [2.75, 3.05) is 12.4 Å². The zero-order valence-corrected chi connectivity index (χ0v) is 16.6. The Hall–Kier alpha value is -1.56. The van der Waals surface area contributed by atoms with E-state index in [1.54, 1.807) is 7.11 Å². The van der Waals surface area contributed by atoms with Gasteiger partial charge in [0.05, 0.1) is 7.11 Å². The fourth-order valence-corrected chi connectivity index (χ4v) is 3.10. The molecule has 0 aliphatic carbocycles. The first-order chi connectivity index (χ1) is 11.5. The van der Waals surface area contributed by atoms with Gasteiger partial charge in [-0.25, -0.2) is 0 Å². The second kappa shape index (κ2) is 9.06. The molecule has 2 rings (SSSR count). The van der Waals surface area contributed by atoms with Crippen molar-refractivity contribution in [2.45, 2.75) is 39.0 Å². The molecular formula is C20H24INO2. The third-order valence-corrected chi connectivity index (χ3v) is 4.61. The molecule has 0 heterocycles. The molecule has 0 aliphatic heterocycles. The molecule has 24 heavy (non-hydrogen) atoms. The molecule has 1 amide bonds. The van der Waals surface area contributed by atoms with Gasteiger partial charge >= 0.3 is 0 Å². The number of carbonyl (C=O) groups is 1. The molecule has 0 radical (unpaired) electrons. The zero-order chi connectivity index (χ0) is 17.5. The van der Waals surface area contributed by atoms with Crippen molar-refractivity contribution in [3.63, 3.8) is 0 Å². The topological polar surface area (TPSA) is 38.3 Å². The van der Waals surface area contributed by atoms with Crippen molar-refractivity contribution < 1.29 is 9.53 Å². The third kappa shape index (κ3) is 5.51. The van der Waals surface area contributed by atoms with Crippen molar-refractivity contribution in [1.29, 1.82) is 0 Å². The lowest BCUT2D eigenvalue weighted by Crippen LogP contribution is -2.13. The third-order valence-electron chi connectivity index (χ3n) is 3.94. The van der Waals surface area contributed by atoms with Crippen LogP contribution in [-0.2, 0) is 11.2 Å². The van der Waals surface area contributed by atoms with Crippen molar-refractivity contribution >= 4 is 34.2 Å². The normalized spacial score (nSPS) is 10.7. The minimum Gasteiger partial charge on any atom is -0.497 e. The van der Waals surface area contributed by atoms with Gasteiger partial charge in [0.1, 0.15) is 5.75 Å². The number of halogens is 1. The number of hydrogen-bond acceptors (Lipinski definition) is 2. The van der Waals surface area contributed by atoms with Crippen molar-refractivity contribution in [3.05, 3.63) is 57.2 Å². The van der Waals surface area contributed by atoms with E-state index in [-0.39, 0.29) is 5.91 Å². The SMILES string of the molecule is COc1ccc(CCCC(=O)Nc2ccc(I)cc2C(C)C)cc1. The molecule has 2 aromatic carbocycles. The molecule has 0 fully saturated rings. The average Bonchev–Trinajstić information content (AvgIpc) is 2.57. The summed E-state index contributed by atoms with van der Waals surface area (Å²) in [7, 11) is 1.66.